The molecule has 0 bridgehead atoms. The van der Waals surface area contributed by atoms with Crippen LogP contribution in [0.25, 0.3) is 0 Å². The highest BCUT2D eigenvalue weighted by molar-refractivity contribution is 6.20. The number of fused-ring (bicyclic) bond motifs is 2. The second-order valence-corrected chi connectivity index (χ2v) is 6.03. The van der Waals surface area contributed by atoms with Crippen molar-refractivity contribution in [3.8, 4) is 11.5 Å². The molecule has 1 unspecified atom stereocenters. The van der Waals surface area contributed by atoms with Crippen LogP contribution in [0.15, 0.2) is 42.5 Å². The lowest BCUT2D eigenvalue weighted by atomic mass is 9.98. The van der Waals surface area contributed by atoms with Gasteiger partial charge in [-0.25, -0.2) is 4.79 Å². The number of methoxy groups -OCH3 is 1. The molecule has 132 valence electrons. The summed E-state index contributed by atoms with van der Waals surface area (Å²) >= 11 is 0. The van der Waals surface area contributed by atoms with Gasteiger partial charge in [0.1, 0.15) is 11.5 Å². The van der Waals surface area contributed by atoms with Crippen molar-refractivity contribution >= 4 is 17.8 Å². The molecule has 26 heavy (non-hydrogen) atoms. The van der Waals surface area contributed by atoms with Crippen molar-refractivity contribution in [2.24, 2.45) is 0 Å². The molecule has 2 aliphatic heterocycles. The van der Waals surface area contributed by atoms with Gasteiger partial charge in [0.05, 0.1) is 31.3 Å². The van der Waals surface area contributed by atoms with E-state index in [4.69, 9.17) is 14.3 Å². The van der Waals surface area contributed by atoms with Crippen LogP contribution >= 0.6 is 0 Å². The van der Waals surface area contributed by atoms with Crippen LogP contribution in [-0.2, 0) is 9.63 Å². The second-order valence-electron chi connectivity index (χ2n) is 6.03. The molecule has 4 rings (SSSR count). The van der Waals surface area contributed by atoms with E-state index in [-0.39, 0.29) is 23.5 Å². The van der Waals surface area contributed by atoms with Crippen LogP contribution < -0.4 is 9.47 Å². The molecule has 0 spiro atoms. The van der Waals surface area contributed by atoms with Gasteiger partial charge in [0.2, 0.25) is 0 Å². The quantitative estimate of drug-likeness (QED) is 0.785. The Labute approximate surface area is 149 Å². The fourth-order valence-electron chi connectivity index (χ4n) is 3.14. The van der Waals surface area contributed by atoms with Crippen molar-refractivity contribution in [3.05, 3.63) is 59.2 Å². The Morgan fingerprint density at radius 1 is 1.15 bits per heavy atom. The Morgan fingerprint density at radius 3 is 2.50 bits per heavy atom. The van der Waals surface area contributed by atoms with Crippen molar-refractivity contribution in [3.63, 3.8) is 0 Å². The van der Waals surface area contributed by atoms with E-state index < -0.39 is 17.8 Å². The number of imide groups is 1. The summed E-state index contributed by atoms with van der Waals surface area (Å²) in [6, 6.07) is 11.7. The van der Waals surface area contributed by atoms with E-state index in [1.807, 2.05) is 6.07 Å². The summed E-state index contributed by atoms with van der Waals surface area (Å²) in [5.41, 5.74) is 1.32. The molecule has 0 fully saturated rings. The predicted octanol–water partition coefficient (Wildman–Crippen LogP) is 2.32. The molecule has 2 aromatic rings. The van der Waals surface area contributed by atoms with E-state index in [2.05, 4.69) is 0 Å². The molecule has 7 nitrogen and oxygen atoms in total. The first-order chi connectivity index (χ1) is 12.6. The predicted molar refractivity (Wildman–Crippen MR) is 88.9 cm³/mol. The number of hydrogen-bond donors (Lipinski definition) is 0. The molecule has 1 atom stereocenters. The van der Waals surface area contributed by atoms with Crippen LogP contribution in [0.1, 0.15) is 38.6 Å². The summed E-state index contributed by atoms with van der Waals surface area (Å²) in [5, 5.41) is 0.526. The maximum atomic E-state index is 12.3. The van der Waals surface area contributed by atoms with Crippen LogP contribution in [0.5, 0.6) is 11.5 Å². The Morgan fingerprint density at radius 2 is 1.85 bits per heavy atom. The minimum Gasteiger partial charge on any atom is -0.497 e. The van der Waals surface area contributed by atoms with Crippen LogP contribution in [0.3, 0.4) is 0 Å². The molecule has 0 N–H and O–H groups in total. The highest BCUT2D eigenvalue weighted by Crippen LogP contribution is 2.38. The largest absolute Gasteiger partial charge is 0.497 e. The van der Waals surface area contributed by atoms with Crippen molar-refractivity contribution in [2.75, 3.05) is 13.7 Å². The average molecular weight is 353 g/mol. The number of hydroxylamine groups is 2. The van der Waals surface area contributed by atoms with Gasteiger partial charge in [0.15, 0.2) is 0 Å². The number of benzene rings is 2. The van der Waals surface area contributed by atoms with Crippen LogP contribution in [0.4, 0.5) is 0 Å². The molecule has 7 heteroatoms. The number of rotatable bonds is 4. The Bertz CT molecular complexity index is 887. The first-order valence-electron chi connectivity index (χ1n) is 8.08. The minimum atomic E-state index is -0.670. The molecule has 2 amide bonds. The zero-order valence-electron chi connectivity index (χ0n) is 13.9. The van der Waals surface area contributed by atoms with Crippen LogP contribution in [0.2, 0.25) is 0 Å². The van der Waals surface area contributed by atoms with E-state index >= 15 is 0 Å². The standard InChI is InChI=1S/C19H15NO6/c1-24-12-6-7-13-11(10-25-16(13)9-12)8-17(21)26-20-18(22)14-4-2-3-5-15(14)19(20)23/h2-7,9,11H,8,10H2,1H3. The van der Waals surface area contributed by atoms with Gasteiger partial charge < -0.3 is 14.3 Å². The lowest BCUT2D eigenvalue weighted by Crippen LogP contribution is -2.33. The topological polar surface area (TPSA) is 82.1 Å². The number of hydrogen-bond acceptors (Lipinski definition) is 6. The number of carbonyl (C=O) groups is 3. The van der Waals surface area contributed by atoms with Crippen LogP contribution in [0, 0.1) is 0 Å². The van der Waals surface area contributed by atoms with Gasteiger partial charge in [0, 0.05) is 17.5 Å². The number of carbonyl (C=O) groups excluding carboxylic acids is 3. The molecule has 2 aromatic carbocycles. The lowest BCUT2D eigenvalue weighted by molar-refractivity contribution is -0.169. The van der Waals surface area contributed by atoms with Gasteiger partial charge in [-0.2, -0.15) is 0 Å². The third kappa shape index (κ3) is 2.57. The first-order valence-corrected chi connectivity index (χ1v) is 8.08. The van der Waals surface area contributed by atoms with E-state index in [0.29, 0.717) is 23.2 Å². The van der Waals surface area contributed by atoms with Crippen molar-refractivity contribution in [2.45, 2.75) is 12.3 Å². The van der Waals surface area contributed by atoms with Gasteiger partial charge in [-0.15, -0.1) is 0 Å². The monoisotopic (exact) mass is 353 g/mol. The maximum absolute atomic E-state index is 12.3. The van der Waals surface area contributed by atoms with Crippen molar-refractivity contribution in [1.29, 1.82) is 0 Å². The number of ether oxygens (including phenoxy) is 2. The van der Waals surface area contributed by atoms with Gasteiger partial charge in [-0.1, -0.05) is 23.3 Å². The molecular formula is C19H15NO6. The Kier molecular flexibility index (Phi) is 3.84. The summed E-state index contributed by atoms with van der Waals surface area (Å²) < 4.78 is 10.7. The second kappa shape index (κ2) is 6.18. The zero-order valence-corrected chi connectivity index (χ0v) is 13.9. The minimum absolute atomic E-state index is 0.00721. The Hall–Kier alpha value is -3.35. The summed E-state index contributed by atoms with van der Waals surface area (Å²) in [4.78, 5) is 41.8. The van der Waals surface area contributed by atoms with Gasteiger partial charge in [-0.3, -0.25) is 9.59 Å². The third-order valence-corrected chi connectivity index (χ3v) is 4.46. The first kappa shape index (κ1) is 16.1. The highest BCUT2D eigenvalue weighted by atomic mass is 16.7. The fraction of sp³-hybridized carbons (Fsp3) is 0.211. The molecule has 2 heterocycles. The number of nitrogens with zero attached hydrogens (tertiary/aromatic N) is 1. The normalized spacial score (nSPS) is 17.6. The molecule has 0 radical (unpaired) electrons. The van der Waals surface area contributed by atoms with Gasteiger partial charge in [0.25, 0.3) is 11.8 Å². The van der Waals surface area contributed by atoms with Gasteiger partial charge >= 0.3 is 5.97 Å². The Balaban J connectivity index is 1.45. The SMILES string of the molecule is COc1ccc2c(c1)OCC2CC(=O)ON1C(=O)c2ccccc2C1=O. The summed E-state index contributed by atoms with van der Waals surface area (Å²) in [7, 11) is 1.56. The van der Waals surface area contributed by atoms with Crippen molar-refractivity contribution < 1.29 is 28.7 Å². The summed E-state index contributed by atoms with van der Waals surface area (Å²) in [6.07, 6.45) is -0.00721. The molecule has 2 aliphatic rings. The molecule has 0 saturated heterocycles. The molecule has 0 aromatic heterocycles. The number of amides is 2. The molecule has 0 saturated carbocycles. The van der Waals surface area contributed by atoms with E-state index in [0.717, 1.165) is 5.56 Å². The van der Waals surface area contributed by atoms with E-state index in [1.54, 1.807) is 31.4 Å². The van der Waals surface area contributed by atoms with Crippen LogP contribution in [-0.4, -0.2) is 36.6 Å². The fourth-order valence-corrected chi connectivity index (χ4v) is 3.14. The maximum Gasteiger partial charge on any atom is 0.333 e. The van der Waals surface area contributed by atoms with Crippen molar-refractivity contribution in [1.82, 2.24) is 5.06 Å². The lowest BCUT2D eigenvalue weighted by Gasteiger charge is -2.14. The average Bonchev–Trinajstić information content (AvgIpc) is 3.16. The highest BCUT2D eigenvalue weighted by Gasteiger charge is 2.39. The molecule has 0 aliphatic carbocycles. The molecular weight excluding hydrogens is 338 g/mol. The zero-order chi connectivity index (χ0) is 18.3. The third-order valence-electron chi connectivity index (χ3n) is 4.46. The van der Waals surface area contributed by atoms with E-state index in [1.165, 1.54) is 12.1 Å². The summed E-state index contributed by atoms with van der Waals surface area (Å²) in [5.74, 6) is -0.824. The van der Waals surface area contributed by atoms with E-state index in [9.17, 15) is 14.4 Å². The summed E-state index contributed by atoms with van der Waals surface area (Å²) in [6.45, 7) is 0.319. The smallest absolute Gasteiger partial charge is 0.333 e. The van der Waals surface area contributed by atoms with Gasteiger partial charge in [-0.05, 0) is 18.2 Å².